The van der Waals surface area contributed by atoms with Crippen LogP contribution in [0.2, 0.25) is 0 Å². The fraction of sp³-hybridized carbons (Fsp3) is 0.263. The highest BCUT2D eigenvalue weighted by molar-refractivity contribution is 8.00. The molecule has 0 aliphatic carbocycles. The number of rotatable bonds is 8. The summed E-state index contributed by atoms with van der Waals surface area (Å²) in [7, 11) is 0. The Labute approximate surface area is 154 Å². The predicted molar refractivity (Wildman–Crippen MR) is 95.9 cm³/mol. The molecule has 0 saturated carbocycles. The van der Waals surface area contributed by atoms with Crippen molar-refractivity contribution in [2.75, 3.05) is 18.9 Å². The van der Waals surface area contributed by atoms with Crippen molar-refractivity contribution in [2.24, 2.45) is 0 Å². The molecular weight excluding hydrogens is 360 g/mol. The normalized spacial score (nSPS) is 11.7. The van der Waals surface area contributed by atoms with E-state index in [-0.39, 0.29) is 16.6 Å². The topological polar surface area (TPSA) is 55.4 Å². The summed E-state index contributed by atoms with van der Waals surface area (Å²) in [6.45, 7) is 1.99. The monoisotopic (exact) mass is 379 g/mol. The van der Waals surface area contributed by atoms with Gasteiger partial charge in [0.1, 0.15) is 11.6 Å². The molecule has 0 radical (unpaired) electrons. The number of amides is 1. The molecule has 26 heavy (non-hydrogen) atoms. The highest BCUT2D eigenvalue weighted by Gasteiger charge is 2.12. The van der Waals surface area contributed by atoms with Crippen molar-refractivity contribution >= 4 is 23.6 Å². The zero-order chi connectivity index (χ0) is 18.9. The fourth-order valence-electron chi connectivity index (χ4n) is 2.13. The summed E-state index contributed by atoms with van der Waals surface area (Å²) in [5, 5.41) is 2.69. The lowest BCUT2D eigenvalue weighted by molar-refractivity contribution is -0.145. The molecule has 7 heteroatoms. The van der Waals surface area contributed by atoms with E-state index >= 15 is 0 Å². The van der Waals surface area contributed by atoms with Crippen LogP contribution in [0.1, 0.15) is 18.4 Å². The van der Waals surface area contributed by atoms with Gasteiger partial charge in [0.2, 0.25) is 0 Å². The molecule has 0 saturated heterocycles. The number of ether oxygens (including phenoxy) is 1. The molecule has 0 heterocycles. The zero-order valence-electron chi connectivity index (χ0n) is 14.2. The third-order valence-electron chi connectivity index (χ3n) is 3.58. The highest BCUT2D eigenvalue weighted by atomic mass is 32.2. The average molecular weight is 379 g/mol. The number of halogens is 2. The van der Waals surface area contributed by atoms with E-state index < -0.39 is 30.1 Å². The predicted octanol–water partition coefficient (Wildman–Crippen LogP) is 3.52. The van der Waals surface area contributed by atoms with E-state index in [0.717, 1.165) is 35.5 Å². The maximum Gasteiger partial charge on any atom is 0.316 e. The summed E-state index contributed by atoms with van der Waals surface area (Å²) in [4.78, 5) is 23.4. The van der Waals surface area contributed by atoms with Crippen molar-refractivity contribution in [3.8, 4) is 0 Å². The Morgan fingerprint density at radius 3 is 2.62 bits per heavy atom. The van der Waals surface area contributed by atoms with Gasteiger partial charge >= 0.3 is 5.97 Å². The van der Waals surface area contributed by atoms with Crippen molar-refractivity contribution < 1.29 is 23.1 Å². The SMILES string of the molecule is C[C@H](CNC(=O)COC(=O)CSc1cc(F)ccc1F)c1ccccc1. The van der Waals surface area contributed by atoms with Crippen LogP contribution in [0.4, 0.5) is 8.78 Å². The first kappa shape index (κ1) is 19.9. The summed E-state index contributed by atoms with van der Waals surface area (Å²) >= 11 is 0.815. The van der Waals surface area contributed by atoms with Crippen LogP contribution in [0.5, 0.6) is 0 Å². The summed E-state index contributed by atoms with van der Waals surface area (Å²) in [6, 6.07) is 12.7. The number of nitrogens with one attached hydrogen (secondary N) is 1. The Hall–Kier alpha value is -2.41. The second kappa shape index (κ2) is 9.91. The van der Waals surface area contributed by atoms with Gasteiger partial charge in [-0.2, -0.15) is 0 Å². The maximum absolute atomic E-state index is 13.4. The minimum Gasteiger partial charge on any atom is -0.455 e. The van der Waals surface area contributed by atoms with Crippen molar-refractivity contribution in [1.29, 1.82) is 0 Å². The lowest BCUT2D eigenvalue weighted by atomic mass is 10.0. The molecule has 0 unspecified atom stereocenters. The molecule has 4 nitrogen and oxygen atoms in total. The van der Waals surface area contributed by atoms with E-state index in [0.29, 0.717) is 6.54 Å². The highest BCUT2D eigenvalue weighted by Crippen LogP contribution is 2.22. The first-order valence-corrected chi connectivity index (χ1v) is 8.99. The number of esters is 1. The Balaban J connectivity index is 1.68. The Morgan fingerprint density at radius 1 is 1.15 bits per heavy atom. The van der Waals surface area contributed by atoms with Gasteiger partial charge in [-0.05, 0) is 29.7 Å². The molecule has 2 aromatic carbocycles. The number of hydrogen-bond donors (Lipinski definition) is 1. The Bertz CT molecular complexity index is 756. The second-order valence-electron chi connectivity index (χ2n) is 5.64. The van der Waals surface area contributed by atoms with Crippen LogP contribution in [0.25, 0.3) is 0 Å². The van der Waals surface area contributed by atoms with E-state index in [9.17, 15) is 18.4 Å². The molecule has 0 spiro atoms. The van der Waals surface area contributed by atoms with Crippen LogP contribution < -0.4 is 5.32 Å². The van der Waals surface area contributed by atoms with Crippen LogP contribution in [-0.4, -0.2) is 30.8 Å². The standard InChI is InChI=1S/C19H19F2NO3S/c1-13(14-5-3-2-4-6-14)10-22-18(23)11-25-19(24)12-26-17-9-15(20)7-8-16(17)21/h2-9,13H,10-12H2,1H3,(H,22,23)/t13-/m1/s1. The van der Waals surface area contributed by atoms with Crippen LogP contribution in [0, 0.1) is 11.6 Å². The summed E-state index contributed by atoms with van der Waals surface area (Å²) in [6.07, 6.45) is 0. The van der Waals surface area contributed by atoms with Crippen molar-refractivity contribution in [2.45, 2.75) is 17.7 Å². The molecule has 1 amide bonds. The molecule has 138 valence electrons. The quantitative estimate of drug-likeness (QED) is 0.563. The van der Waals surface area contributed by atoms with Gasteiger partial charge in [-0.25, -0.2) is 8.78 Å². The maximum atomic E-state index is 13.4. The molecule has 2 rings (SSSR count). The Kier molecular flexibility index (Phi) is 7.59. The van der Waals surface area contributed by atoms with Gasteiger partial charge in [-0.1, -0.05) is 37.3 Å². The van der Waals surface area contributed by atoms with Crippen LogP contribution >= 0.6 is 11.8 Å². The van der Waals surface area contributed by atoms with Gasteiger partial charge in [0.25, 0.3) is 5.91 Å². The minimum atomic E-state index is -0.676. The summed E-state index contributed by atoms with van der Waals surface area (Å²) < 4.78 is 31.3. The number of benzene rings is 2. The van der Waals surface area contributed by atoms with E-state index in [1.54, 1.807) is 0 Å². The minimum absolute atomic E-state index is 0.0167. The van der Waals surface area contributed by atoms with Gasteiger partial charge in [0.15, 0.2) is 6.61 Å². The van der Waals surface area contributed by atoms with Gasteiger partial charge in [0.05, 0.1) is 5.75 Å². The van der Waals surface area contributed by atoms with Crippen molar-refractivity contribution in [3.63, 3.8) is 0 Å². The lowest BCUT2D eigenvalue weighted by Crippen LogP contribution is -2.31. The first-order valence-electron chi connectivity index (χ1n) is 8.01. The smallest absolute Gasteiger partial charge is 0.316 e. The number of hydrogen-bond acceptors (Lipinski definition) is 4. The van der Waals surface area contributed by atoms with Gasteiger partial charge in [0, 0.05) is 11.4 Å². The molecule has 0 bridgehead atoms. The number of carbonyl (C=O) groups excluding carboxylic acids is 2. The third-order valence-corrected chi connectivity index (χ3v) is 4.58. The molecule has 0 fully saturated rings. The van der Waals surface area contributed by atoms with Crippen LogP contribution in [0.15, 0.2) is 53.4 Å². The van der Waals surface area contributed by atoms with Crippen LogP contribution in [-0.2, 0) is 14.3 Å². The Morgan fingerprint density at radius 2 is 1.88 bits per heavy atom. The van der Waals surface area contributed by atoms with Crippen molar-refractivity contribution in [1.82, 2.24) is 5.32 Å². The van der Waals surface area contributed by atoms with Gasteiger partial charge < -0.3 is 10.1 Å². The number of thioether (sulfide) groups is 1. The van der Waals surface area contributed by atoms with E-state index in [2.05, 4.69) is 5.32 Å². The molecule has 2 aromatic rings. The third kappa shape index (κ3) is 6.48. The van der Waals surface area contributed by atoms with Gasteiger partial charge in [-0.3, -0.25) is 9.59 Å². The second-order valence-corrected chi connectivity index (χ2v) is 6.66. The van der Waals surface area contributed by atoms with Crippen molar-refractivity contribution in [3.05, 3.63) is 65.7 Å². The largest absolute Gasteiger partial charge is 0.455 e. The van der Waals surface area contributed by atoms with E-state index in [1.807, 2.05) is 37.3 Å². The molecule has 1 N–H and O–H groups in total. The van der Waals surface area contributed by atoms with Crippen LogP contribution in [0.3, 0.4) is 0 Å². The zero-order valence-corrected chi connectivity index (χ0v) is 15.0. The fourth-order valence-corrected chi connectivity index (χ4v) is 2.89. The number of carbonyl (C=O) groups is 2. The molecular formula is C19H19F2NO3S. The lowest BCUT2D eigenvalue weighted by Gasteiger charge is -2.13. The summed E-state index contributed by atoms with van der Waals surface area (Å²) in [5.74, 6) is -2.38. The molecule has 0 aliphatic rings. The molecule has 0 aliphatic heterocycles. The van der Waals surface area contributed by atoms with Gasteiger partial charge in [-0.15, -0.1) is 11.8 Å². The molecule has 1 atom stereocenters. The summed E-state index contributed by atoms with van der Waals surface area (Å²) in [5.41, 5.74) is 1.10. The average Bonchev–Trinajstić information content (AvgIpc) is 2.65. The first-order chi connectivity index (χ1) is 12.5. The molecule has 0 aromatic heterocycles. The van der Waals surface area contributed by atoms with E-state index in [4.69, 9.17) is 4.74 Å². The van der Waals surface area contributed by atoms with E-state index in [1.165, 1.54) is 0 Å².